The lowest BCUT2D eigenvalue weighted by Gasteiger charge is -2.33. The van der Waals surface area contributed by atoms with E-state index in [9.17, 15) is 10.1 Å². The second kappa shape index (κ2) is 7.85. The van der Waals surface area contributed by atoms with Crippen molar-refractivity contribution in [3.8, 4) is 0 Å². The van der Waals surface area contributed by atoms with Crippen LogP contribution >= 0.6 is 0 Å². The van der Waals surface area contributed by atoms with Crippen molar-refractivity contribution in [1.29, 1.82) is 0 Å². The molecule has 126 valence electrons. The van der Waals surface area contributed by atoms with Gasteiger partial charge < -0.3 is 10.1 Å². The van der Waals surface area contributed by atoms with Gasteiger partial charge in [0.2, 0.25) is 5.82 Å². The fourth-order valence-electron chi connectivity index (χ4n) is 2.78. The van der Waals surface area contributed by atoms with E-state index in [0.29, 0.717) is 13.2 Å². The number of morpholine rings is 1. The summed E-state index contributed by atoms with van der Waals surface area (Å²) in [6, 6.07) is 13.3. The predicted octanol–water partition coefficient (Wildman–Crippen LogP) is 2.30. The molecule has 7 heteroatoms. The summed E-state index contributed by atoms with van der Waals surface area (Å²) in [5.74, 6) is 0.284. The van der Waals surface area contributed by atoms with Crippen LogP contribution in [-0.2, 0) is 11.3 Å². The van der Waals surface area contributed by atoms with Gasteiger partial charge in [-0.25, -0.2) is 4.98 Å². The number of nitrogens with zero attached hydrogens (tertiary/aromatic N) is 3. The van der Waals surface area contributed by atoms with Crippen molar-refractivity contribution in [3.05, 3.63) is 64.3 Å². The van der Waals surface area contributed by atoms with Crippen molar-refractivity contribution >= 4 is 11.5 Å². The lowest BCUT2D eigenvalue weighted by atomic mass is 10.2. The van der Waals surface area contributed by atoms with E-state index in [1.165, 1.54) is 11.6 Å². The van der Waals surface area contributed by atoms with Gasteiger partial charge in [0, 0.05) is 38.4 Å². The smallest absolute Gasteiger partial charge is 0.311 e. The summed E-state index contributed by atoms with van der Waals surface area (Å²) in [6.07, 6.45) is 1.52. The normalized spacial score (nSPS) is 18.2. The molecule has 2 heterocycles. The third kappa shape index (κ3) is 4.27. The minimum Gasteiger partial charge on any atom is -0.374 e. The Labute approximate surface area is 140 Å². The molecule has 0 radical (unpaired) electrons. The van der Waals surface area contributed by atoms with Crippen LogP contribution in [0, 0.1) is 10.1 Å². The minimum atomic E-state index is -0.432. The molecular weight excluding hydrogens is 308 g/mol. The molecule has 1 aromatic heterocycles. The largest absolute Gasteiger partial charge is 0.374 e. The highest BCUT2D eigenvalue weighted by atomic mass is 16.6. The maximum absolute atomic E-state index is 11.0. The highest BCUT2D eigenvalue weighted by Crippen LogP contribution is 2.20. The van der Waals surface area contributed by atoms with Gasteiger partial charge in [0.1, 0.15) is 0 Å². The average Bonchev–Trinajstić information content (AvgIpc) is 2.61. The molecule has 0 spiro atoms. The molecule has 1 unspecified atom stereocenters. The molecule has 3 rings (SSSR count). The van der Waals surface area contributed by atoms with Gasteiger partial charge in [0.05, 0.1) is 17.6 Å². The van der Waals surface area contributed by atoms with Crippen molar-refractivity contribution in [1.82, 2.24) is 9.88 Å². The summed E-state index contributed by atoms with van der Waals surface area (Å²) in [6.45, 7) is 3.69. The maximum Gasteiger partial charge on any atom is 0.311 e. The van der Waals surface area contributed by atoms with Crippen molar-refractivity contribution in [3.63, 3.8) is 0 Å². The topological polar surface area (TPSA) is 80.5 Å². The molecule has 7 nitrogen and oxygen atoms in total. The summed E-state index contributed by atoms with van der Waals surface area (Å²) in [5.41, 5.74) is 1.25. The Bertz CT molecular complexity index is 681. The fourth-order valence-corrected chi connectivity index (χ4v) is 2.78. The molecule has 2 aromatic rings. The van der Waals surface area contributed by atoms with Crippen LogP contribution in [0.25, 0.3) is 0 Å². The first-order chi connectivity index (χ1) is 11.7. The van der Waals surface area contributed by atoms with Crippen LogP contribution in [0.2, 0.25) is 0 Å². The van der Waals surface area contributed by atoms with E-state index in [1.807, 2.05) is 18.2 Å². The van der Waals surface area contributed by atoms with Crippen molar-refractivity contribution in [2.75, 3.05) is 31.6 Å². The zero-order chi connectivity index (χ0) is 16.8. The maximum atomic E-state index is 11.0. The van der Waals surface area contributed by atoms with Gasteiger partial charge in [-0.05, 0) is 11.6 Å². The first-order valence-electron chi connectivity index (χ1n) is 7.93. The third-order valence-electron chi connectivity index (χ3n) is 3.95. The Morgan fingerprint density at radius 1 is 1.29 bits per heavy atom. The van der Waals surface area contributed by atoms with E-state index >= 15 is 0 Å². The van der Waals surface area contributed by atoms with Crippen LogP contribution < -0.4 is 5.32 Å². The quantitative estimate of drug-likeness (QED) is 0.647. The molecule has 0 aliphatic carbocycles. The first kappa shape index (κ1) is 16.4. The molecule has 1 N–H and O–H groups in total. The summed E-state index contributed by atoms with van der Waals surface area (Å²) in [7, 11) is 0. The van der Waals surface area contributed by atoms with Gasteiger partial charge in [-0.15, -0.1) is 0 Å². The molecule has 24 heavy (non-hydrogen) atoms. The SMILES string of the molecule is O=[N+]([O-])c1cccnc1NCC1CN(Cc2ccccc2)CCO1. The standard InChI is InChI=1S/C17H20N4O3/c22-21(23)16-7-4-8-18-17(16)19-11-15-13-20(9-10-24-15)12-14-5-2-1-3-6-14/h1-8,15H,9-13H2,(H,18,19). The van der Waals surface area contributed by atoms with E-state index in [4.69, 9.17) is 4.74 Å². The van der Waals surface area contributed by atoms with Gasteiger partial charge in [-0.2, -0.15) is 0 Å². The van der Waals surface area contributed by atoms with Crippen LogP contribution in [0.15, 0.2) is 48.7 Å². The van der Waals surface area contributed by atoms with Gasteiger partial charge in [-0.3, -0.25) is 15.0 Å². The zero-order valence-corrected chi connectivity index (χ0v) is 13.3. The van der Waals surface area contributed by atoms with E-state index in [2.05, 4.69) is 27.3 Å². The lowest BCUT2D eigenvalue weighted by molar-refractivity contribution is -0.384. The Kier molecular flexibility index (Phi) is 5.35. The van der Waals surface area contributed by atoms with Crippen LogP contribution in [0.4, 0.5) is 11.5 Å². The average molecular weight is 328 g/mol. The highest BCUT2D eigenvalue weighted by molar-refractivity contribution is 5.55. The molecule has 0 bridgehead atoms. The molecule has 0 amide bonds. The molecular formula is C17H20N4O3. The molecule has 0 saturated carbocycles. The number of aromatic nitrogens is 1. The third-order valence-corrected chi connectivity index (χ3v) is 3.95. The second-order valence-electron chi connectivity index (χ2n) is 5.72. The molecule has 1 aliphatic rings. The monoisotopic (exact) mass is 328 g/mol. The van der Waals surface area contributed by atoms with Crippen LogP contribution in [-0.4, -0.2) is 47.2 Å². The first-order valence-corrected chi connectivity index (χ1v) is 7.93. The predicted molar refractivity (Wildman–Crippen MR) is 90.8 cm³/mol. The number of nitro groups is 1. The highest BCUT2D eigenvalue weighted by Gasteiger charge is 2.22. The zero-order valence-electron chi connectivity index (χ0n) is 13.3. The number of hydrogen-bond donors (Lipinski definition) is 1. The summed E-state index contributed by atoms with van der Waals surface area (Å²) >= 11 is 0. The summed E-state index contributed by atoms with van der Waals surface area (Å²) < 4.78 is 5.77. The van der Waals surface area contributed by atoms with Gasteiger partial charge in [-0.1, -0.05) is 30.3 Å². The molecule has 1 aliphatic heterocycles. The lowest BCUT2D eigenvalue weighted by Crippen LogP contribution is -2.44. The number of anilines is 1. The van der Waals surface area contributed by atoms with Crippen molar-refractivity contribution < 1.29 is 9.66 Å². The van der Waals surface area contributed by atoms with Gasteiger partial charge in [0.15, 0.2) is 0 Å². The Morgan fingerprint density at radius 3 is 2.92 bits per heavy atom. The number of pyridine rings is 1. The summed E-state index contributed by atoms with van der Waals surface area (Å²) in [5, 5.41) is 14.1. The number of nitrogens with one attached hydrogen (secondary N) is 1. The number of benzene rings is 1. The fraction of sp³-hybridized carbons (Fsp3) is 0.353. The Morgan fingerprint density at radius 2 is 2.12 bits per heavy atom. The molecule has 1 atom stereocenters. The van der Waals surface area contributed by atoms with Crippen LogP contribution in [0.3, 0.4) is 0 Å². The van der Waals surface area contributed by atoms with Gasteiger partial charge in [0.25, 0.3) is 0 Å². The second-order valence-corrected chi connectivity index (χ2v) is 5.72. The Hall–Kier alpha value is -2.51. The number of hydrogen-bond acceptors (Lipinski definition) is 6. The minimum absolute atomic E-state index is 0.0190. The van der Waals surface area contributed by atoms with E-state index in [-0.39, 0.29) is 17.6 Å². The van der Waals surface area contributed by atoms with E-state index < -0.39 is 4.92 Å². The van der Waals surface area contributed by atoms with Gasteiger partial charge >= 0.3 is 5.69 Å². The molecule has 1 aromatic carbocycles. The molecule has 1 saturated heterocycles. The molecule has 1 fully saturated rings. The number of rotatable bonds is 6. The van der Waals surface area contributed by atoms with Crippen molar-refractivity contribution in [2.24, 2.45) is 0 Å². The Balaban J connectivity index is 1.55. The number of ether oxygens (including phenoxy) is 1. The van der Waals surface area contributed by atoms with Crippen LogP contribution in [0.1, 0.15) is 5.56 Å². The summed E-state index contributed by atoms with van der Waals surface area (Å²) in [4.78, 5) is 17.0. The van der Waals surface area contributed by atoms with Crippen molar-refractivity contribution in [2.45, 2.75) is 12.6 Å². The van der Waals surface area contributed by atoms with E-state index in [1.54, 1.807) is 12.3 Å². The van der Waals surface area contributed by atoms with E-state index in [0.717, 1.165) is 19.6 Å². The van der Waals surface area contributed by atoms with Crippen LogP contribution in [0.5, 0.6) is 0 Å².